The van der Waals surface area contributed by atoms with E-state index < -0.39 is 11.9 Å². The predicted molar refractivity (Wildman–Crippen MR) is 93.0 cm³/mol. The van der Waals surface area contributed by atoms with Gasteiger partial charge in [0.15, 0.2) is 17.3 Å². The minimum absolute atomic E-state index is 0.0285. The summed E-state index contributed by atoms with van der Waals surface area (Å²) >= 11 is 0. The number of fused-ring (bicyclic) bond motifs is 1. The molecule has 8 heteroatoms. The van der Waals surface area contributed by atoms with Gasteiger partial charge in [-0.05, 0) is 30.5 Å². The van der Waals surface area contributed by atoms with Gasteiger partial charge in [0.1, 0.15) is 17.4 Å². The molecule has 1 atom stereocenters. The maximum absolute atomic E-state index is 12.7. The summed E-state index contributed by atoms with van der Waals surface area (Å²) in [5, 5.41) is 17.6. The quantitative estimate of drug-likeness (QED) is 0.772. The van der Waals surface area contributed by atoms with Gasteiger partial charge in [-0.3, -0.25) is 9.59 Å². The topological polar surface area (TPSA) is 119 Å². The molecule has 26 heavy (non-hydrogen) atoms. The third-order valence-corrected chi connectivity index (χ3v) is 4.82. The number of allylic oxidation sites excluding steroid dienone is 2. The number of primary amides is 1. The van der Waals surface area contributed by atoms with Gasteiger partial charge in [0.05, 0.1) is 13.3 Å². The van der Waals surface area contributed by atoms with E-state index >= 15 is 0 Å². The number of aromatic nitrogens is 2. The fourth-order valence-corrected chi connectivity index (χ4v) is 3.62. The standard InChI is InChI=1S/C18H18N4O4/c1-26-14-6-5-9(7-13(14)24)16-15-11(3-2-4-12(15)23)21-18-10(17(19)25)8-20-22(16)18/h5-8,16,21,24H,2-4H2,1H3,(H2,19,25)/t16-/m0/s1. The Morgan fingerprint density at radius 3 is 2.92 bits per heavy atom. The van der Waals surface area contributed by atoms with Crippen molar-refractivity contribution < 1.29 is 19.4 Å². The fraction of sp³-hybridized carbons (Fsp3) is 0.278. The Hall–Kier alpha value is -3.29. The second-order valence-corrected chi connectivity index (χ2v) is 6.34. The average Bonchev–Trinajstić information content (AvgIpc) is 3.04. The molecule has 1 aromatic heterocycles. The smallest absolute Gasteiger partial charge is 0.254 e. The molecule has 2 aromatic rings. The summed E-state index contributed by atoms with van der Waals surface area (Å²) in [6.07, 6.45) is 3.29. The average molecular weight is 354 g/mol. The molecule has 0 radical (unpaired) electrons. The lowest BCUT2D eigenvalue weighted by Gasteiger charge is -2.33. The van der Waals surface area contributed by atoms with Crippen molar-refractivity contribution in [2.24, 2.45) is 5.73 Å². The molecule has 0 fully saturated rings. The number of methoxy groups -OCH3 is 1. The molecule has 0 bridgehead atoms. The van der Waals surface area contributed by atoms with Crippen LogP contribution in [0.5, 0.6) is 11.5 Å². The first kappa shape index (κ1) is 16.2. The molecule has 4 rings (SSSR count). The number of carbonyl (C=O) groups excluding carboxylic acids is 2. The van der Waals surface area contributed by atoms with Gasteiger partial charge < -0.3 is 20.9 Å². The second kappa shape index (κ2) is 5.91. The zero-order valence-electron chi connectivity index (χ0n) is 14.2. The molecule has 2 aliphatic rings. The lowest BCUT2D eigenvalue weighted by molar-refractivity contribution is -0.116. The maximum atomic E-state index is 12.7. The number of amides is 1. The van der Waals surface area contributed by atoms with Gasteiger partial charge in [0, 0.05) is 17.7 Å². The molecule has 1 amide bonds. The lowest BCUT2D eigenvalue weighted by Crippen LogP contribution is -2.32. The van der Waals surface area contributed by atoms with E-state index in [0.29, 0.717) is 35.5 Å². The van der Waals surface area contributed by atoms with Gasteiger partial charge in [0.2, 0.25) is 0 Å². The molecule has 134 valence electrons. The van der Waals surface area contributed by atoms with Gasteiger partial charge in [-0.2, -0.15) is 5.10 Å². The zero-order valence-corrected chi connectivity index (χ0v) is 14.2. The van der Waals surface area contributed by atoms with Crippen LogP contribution in [-0.4, -0.2) is 33.7 Å². The van der Waals surface area contributed by atoms with Crippen LogP contribution in [0.3, 0.4) is 0 Å². The summed E-state index contributed by atoms with van der Waals surface area (Å²) in [7, 11) is 1.47. The third-order valence-electron chi connectivity index (χ3n) is 4.82. The van der Waals surface area contributed by atoms with Crippen LogP contribution in [0.1, 0.15) is 41.2 Å². The van der Waals surface area contributed by atoms with Crippen molar-refractivity contribution in [1.82, 2.24) is 9.78 Å². The van der Waals surface area contributed by atoms with E-state index in [-0.39, 0.29) is 17.1 Å². The molecule has 1 aliphatic heterocycles. The molecular formula is C18H18N4O4. The Morgan fingerprint density at radius 2 is 2.23 bits per heavy atom. The van der Waals surface area contributed by atoms with Crippen LogP contribution in [0.15, 0.2) is 35.7 Å². The summed E-state index contributed by atoms with van der Waals surface area (Å²) in [5.74, 6) is 0.205. The number of aromatic hydroxyl groups is 1. The van der Waals surface area contributed by atoms with Gasteiger partial charge in [-0.15, -0.1) is 0 Å². The van der Waals surface area contributed by atoms with E-state index in [2.05, 4.69) is 10.4 Å². The monoisotopic (exact) mass is 354 g/mol. The number of anilines is 1. The Bertz CT molecular complexity index is 960. The Morgan fingerprint density at radius 1 is 1.42 bits per heavy atom. The highest BCUT2D eigenvalue weighted by atomic mass is 16.5. The van der Waals surface area contributed by atoms with Gasteiger partial charge >= 0.3 is 0 Å². The lowest BCUT2D eigenvalue weighted by atomic mass is 9.85. The number of Topliss-reactive ketones (excluding diaryl/α,β-unsaturated/α-hetero) is 1. The number of nitrogens with two attached hydrogens (primary N) is 1. The van der Waals surface area contributed by atoms with Crippen LogP contribution in [0.25, 0.3) is 0 Å². The first-order valence-electron chi connectivity index (χ1n) is 8.28. The Labute approximate surface area is 149 Å². The van der Waals surface area contributed by atoms with Crippen LogP contribution < -0.4 is 15.8 Å². The van der Waals surface area contributed by atoms with E-state index in [1.54, 1.807) is 22.9 Å². The number of ether oxygens (including phenoxy) is 1. The molecule has 8 nitrogen and oxygen atoms in total. The van der Waals surface area contributed by atoms with Crippen molar-refractivity contribution in [2.45, 2.75) is 25.3 Å². The van der Waals surface area contributed by atoms with Gasteiger partial charge in [-0.25, -0.2) is 4.68 Å². The van der Waals surface area contributed by atoms with Crippen LogP contribution in [0, 0.1) is 0 Å². The largest absolute Gasteiger partial charge is 0.504 e. The first-order valence-corrected chi connectivity index (χ1v) is 8.28. The number of benzene rings is 1. The predicted octanol–water partition coefficient (Wildman–Crippen LogP) is 1.72. The van der Waals surface area contributed by atoms with E-state index in [1.807, 2.05) is 0 Å². The highest BCUT2D eigenvalue weighted by Crippen LogP contribution is 2.42. The molecule has 4 N–H and O–H groups in total. The van der Waals surface area contributed by atoms with Crippen molar-refractivity contribution >= 4 is 17.5 Å². The number of rotatable bonds is 3. The minimum atomic E-state index is -0.596. The number of hydrogen-bond donors (Lipinski definition) is 3. The number of phenolic OH excluding ortho intramolecular Hbond substituents is 1. The van der Waals surface area contributed by atoms with E-state index in [1.165, 1.54) is 13.3 Å². The number of phenols is 1. The van der Waals surface area contributed by atoms with Gasteiger partial charge in [-0.1, -0.05) is 6.07 Å². The molecule has 2 heterocycles. The minimum Gasteiger partial charge on any atom is -0.504 e. The molecule has 0 unspecified atom stereocenters. The number of nitrogens with one attached hydrogen (secondary N) is 1. The van der Waals surface area contributed by atoms with E-state index in [4.69, 9.17) is 10.5 Å². The summed E-state index contributed by atoms with van der Waals surface area (Å²) in [5.41, 5.74) is 7.77. The van der Waals surface area contributed by atoms with Crippen molar-refractivity contribution in [1.29, 1.82) is 0 Å². The SMILES string of the molecule is COc1ccc([C@H]2C3=C(CCCC3=O)Nc3c(C(N)=O)cnn32)cc1O. The summed E-state index contributed by atoms with van der Waals surface area (Å²) in [6.45, 7) is 0. The van der Waals surface area contributed by atoms with Crippen LogP contribution >= 0.6 is 0 Å². The molecular weight excluding hydrogens is 336 g/mol. The summed E-state index contributed by atoms with van der Waals surface area (Å²) < 4.78 is 6.67. The molecule has 1 aromatic carbocycles. The fourth-order valence-electron chi connectivity index (χ4n) is 3.62. The number of ketones is 1. The first-order chi connectivity index (χ1) is 12.5. The zero-order chi connectivity index (χ0) is 18.4. The van der Waals surface area contributed by atoms with Crippen LogP contribution in [0.2, 0.25) is 0 Å². The molecule has 1 aliphatic carbocycles. The van der Waals surface area contributed by atoms with E-state index in [9.17, 15) is 14.7 Å². The van der Waals surface area contributed by atoms with Crippen molar-refractivity contribution in [2.75, 3.05) is 12.4 Å². The Kier molecular flexibility index (Phi) is 3.68. The van der Waals surface area contributed by atoms with Gasteiger partial charge in [0.25, 0.3) is 5.91 Å². The number of carbonyl (C=O) groups is 2. The van der Waals surface area contributed by atoms with Crippen molar-refractivity contribution in [3.63, 3.8) is 0 Å². The number of hydrogen-bond acceptors (Lipinski definition) is 6. The third kappa shape index (κ3) is 2.33. The highest BCUT2D eigenvalue weighted by Gasteiger charge is 2.37. The summed E-state index contributed by atoms with van der Waals surface area (Å²) in [6, 6.07) is 4.42. The van der Waals surface area contributed by atoms with E-state index in [0.717, 1.165) is 12.1 Å². The maximum Gasteiger partial charge on any atom is 0.254 e. The van der Waals surface area contributed by atoms with Crippen molar-refractivity contribution in [3.05, 3.63) is 46.8 Å². The molecule has 0 saturated carbocycles. The van der Waals surface area contributed by atoms with Crippen molar-refractivity contribution in [3.8, 4) is 11.5 Å². The number of nitrogens with zero attached hydrogens (tertiary/aromatic N) is 2. The molecule has 0 saturated heterocycles. The Balaban J connectivity index is 1.92. The van der Waals surface area contributed by atoms with Crippen LogP contribution in [0.4, 0.5) is 5.82 Å². The highest BCUT2D eigenvalue weighted by molar-refractivity contribution is 6.02. The summed E-state index contributed by atoms with van der Waals surface area (Å²) in [4.78, 5) is 24.4. The normalized spacial score (nSPS) is 18.8. The molecule has 0 spiro atoms. The second-order valence-electron chi connectivity index (χ2n) is 6.34. The van der Waals surface area contributed by atoms with Crippen LogP contribution in [-0.2, 0) is 4.79 Å².